The second-order valence-corrected chi connectivity index (χ2v) is 7.54. The van der Waals surface area contributed by atoms with E-state index in [-0.39, 0.29) is 6.61 Å². The van der Waals surface area contributed by atoms with Crippen LogP contribution in [0.4, 0.5) is 13.2 Å². The Hall–Kier alpha value is -4.09. The number of tetrazole rings is 1. The highest BCUT2D eigenvalue weighted by Gasteiger charge is 2.28. The maximum Gasteiger partial charge on any atom is 0.408 e. The van der Waals surface area contributed by atoms with E-state index in [1.807, 2.05) is 6.92 Å². The molecule has 0 saturated carbocycles. The van der Waals surface area contributed by atoms with Crippen molar-refractivity contribution in [2.75, 3.05) is 7.11 Å². The van der Waals surface area contributed by atoms with Gasteiger partial charge in [0.2, 0.25) is 0 Å². The molecule has 4 aromatic rings. The van der Waals surface area contributed by atoms with Crippen molar-refractivity contribution in [3.8, 4) is 28.4 Å². The Kier molecular flexibility index (Phi) is 6.14. The predicted molar refractivity (Wildman–Crippen MR) is 116 cm³/mol. The predicted octanol–water partition coefficient (Wildman–Crippen LogP) is 3.29. The third kappa shape index (κ3) is 4.80. The summed E-state index contributed by atoms with van der Waals surface area (Å²) in [6.45, 7) is 0.744. The van der Waals surface area contributed by atoms with E-state index in [9.17, 15) is 18.0 Å². The number of benzene rings is 2. The minimum absolute atomic E-state index is 0.0722. The lowest BCUT2D eigenvalue weighted by Crippen LogP contribution is -2.23. The smallest absolute Gasteiger partial charge is 0.408 e. The van der Waals surface area contributed by atoms with E-state index in [0.717, 1.165) is 19.6 Å². The van der Waals surface area contributed by atoms with Crippen molar-refractivity contribution < 1.29 is 22.6 Å². The summed E-state index contributed by atoms with van der Waals surface area (Å²) in [4.78, 5) is 12.3. The summed E-state index contributed by atoms with van der Waals surface area (Å²) in [5.41, 5.74) is 2.50. The molecule has 4 rings (SSSR count). The summed E-state index contributed by atoms with van der Waals surface area (Å²) >= 11 is 0. The van der Waals surface area contributed by atoms with Crippen LogP contribution in [0, 0.1) is 6.92 Å². The molecule has 0 aliphatic heterocycles. The molecule has 2 aromatic heterocycles. The third-order valence-electron chi connectivity index (χ3n) is 5.10. The molecule has 0 bridgehead atoms. The Morgan fingerprint density at radius 1 is 1.06 bits per heavy atom. The number of hydrogen-bond acceptors (Lipinski definition) is 6. The molecular weight excluding hydrogens is 453 g/mol. The van der Waals surface area contributed by atoms with Gasteiger partial charge in [-0.2, -0.15) is 27.6 Å². The van der Waals surface area contributed by atoms with E-state index in [1.54, 1.807) is 36.4 Å². The fourth-order valence-electron chi connectivity index (χ4n) is 3.46. The molecule has 0 radical (unpaired) electrons. The van der Waals surface area contributed by atoms with Gasteiger partial charge in [0, 0.05) is 18.8 Å². The van der Waals surface area contributed by atoms with Crippen molar-refractivity contribution in [1.82, 2.24) is 29.6 Å². The minimum atomic E-state index is -4.34. The molecule has 0 saturated heterocycles. The second-order valence-electron chi connectivity index (χ2n) is 7.54. The van der Waals surface area contributed by atoms with Crippen molar-refractivity contribution in [1.29, 1.82) is 0 Å². The lowest BCUT2D eigenvalue weighted by molar-refractivity contribution is -0.142. The molecule has 34 heavy (non-hydrogen) atoms. The first-order valence-electron chi connectivity index (χ1n) is 10.2. The van der Waals surface area contributed by atoms with Crippen LogP contribution in [0.25, 0.3) is 16.9 Å². The van der Waals surface area contributed by atoms with Crippen molar-refractivity contribution in [3.05, 3.63) is 70.3 Å². The van der Waals surface area contributed by atoms with Gasteiger partial charge in [0.15, 0.2) is 0 Å². The van der Waals surface area contributed by atoms with E-state index in [0.29, 0.717) is 34.0 Å². The fraction of sp³-hybridized carbons (Fsp3) is 0.273. The van der Waals surface area contributed by atoms with Crippen LogP contribution >= 0.6 is 0 Å². The normalized spacial score (nSPS) is 11.6. The Balaban J connectivity index is 1.57. The number of aryl methyl sites for hydroxylation is 2. The van der Waals surface area contributed by atoms with Gasteiger partial charge in [-0.15, -0.1) is 0 Å². The molecule has 0 aliphatic rings. The van der Waals surface area contributed by atoms with Crippen LogP contribution in [0.5, 0.6) is 11.5 Å². The molecule has 12 heteroatoms. The molecule has 0 aliphatic carbocycles. The Bertz CT molecular complexity index is 1370. The zero-order chi connectivity index (χ0) is 24.5. The standard InChI is InChI=1S/C22H21F3N6O3/c1-14-11-15(17-9-10-30(26-17)13-22(23,24)25)7-8-19(14)34-12-16-18(5-4-6-20(16)33-3)31-21(32)29(2)27-28-31/h4-11H,12-13H2,1-3H3. The van der Waals surface area contributed by atoms with E-state index in [1.165, 1.54) is 26.4 Å². The van der Waals surface area contributed by atoms with E-state index >= 15 is 0 Å². The highest BCUT2D eigenvalue weighted by molar-refractivity contribution is 5.61. The molecule has 2 aromatic carbocycles. The molecule has 0 N–H and O–H groups in total. The number of hydrogen-bond donors (Lipinski definition) is 0. The number of ether oxygens (including phenoxy) is 2. The van der Waals surface area contributed by atoms with Crippen molar-refractivity contribution >= 4 is 0 Å². The van der Waals surface area contributed by atoms with Gasteiger partial charge in [-0.3, -0.25) is 4.68 Å². The lowest BCUT2D eigenvalue weighted by Gasteiger charge is -2.15. The maximum atomic E-state index is 12.6. The Morgan fingerprint density at radius 3 is 2.50 bits per heavy atom. The van der Waals surface area contributed by atoms with Gasteiger partial charge in [0.05, 0.1) is 24.1 Å². The third-order valence-corrected chi connectivity index (χ3v) is 5.10. The van der Waals surface area contributed by atoms with Crippen LogP contribution in [0.15, 0.2) is 53.5 Å². The van der Waals surface area contributed by atoms with Crippen LogP contribution in [0.3, 0.4) is 0 Å². The summed E-state index contributed by atoms with van der Waals surface area (Å²) in [6, 6.07) is 11.9. The first kappa shape index (κ1) is 23.1. The number of alkyl halides is 3. The van der Waals surface area contributed by atoms with Crippen LogP contribution in [-0.2, 0) is 20.2 Å². The highest BCUT2D eigenvalue weighted by atomic mass is 19.4. The van der Waals surface area contributed by atoms with Gasteiger partial charge < -0.3 is 9.47 Å². The van der Waals surface area contributed by atoms with Crippen molar-refractivity contribution in [2.45, 2.75) is 26.3 Å². The van der Waals surface area contributed by atoms with E-state index in [4.69, 9.17) is 9.47 Å². The lowest BCUT2D eigenvalue weighted by atomic mass is 10.1. The molecular formula is C22H21F3N6O3. The SMILES string of the molecule is COc1cccc(-n2nnn(C)c2=O)c1COc1ccc(-c2ccn(CC(F)(F)F)n2)cc1C. The number of aromatic nitrogens is 6. The van der Waals surface area contributed by atoms with Crippen LogP contribution in [-0.4, -0.2) is 42.9 Å². The summed E-state index contributed by atoms with van der Waals surface area (Å²) < 4.78 is 52.4. The van der Waals surface area contributed by atoms with Crippen LogP contribution < -0.4 is 15.2 Å². The molecule has 2 heterocycles. The van der Waals surface area contributed by atoms with Gasteiger partial charge >= 0.3 is 11.9 Å². The highest BCUT2D eigenvalue weighted by Crippen LogP contribution is 2.29. The second kappa shape index (κ2) is 9.04. The van der Waals surface area contributed by atoms with Gasteiger partial charge in [-0.25, -0.2) is 4.79 Å². The summed E-state index contributed by atoms with van der Waals surface area (Å²) in [7, 11) is 3.01. The zero-order valence-electron chi connectivity index (χ0n) is 18.6. The maximum absolute atomic E-state index is 12.6. The zero-order valence-corrected chi connectivity index (χ0v) is 18.6. The van der Waals surface area contributed by atoms with Gasteiger partial charge in [0.1, 0.15) is 24.7 Å². The molecule has 0 spiro atoms. The summed E-state index contributed by atoms with van der Waals surface area (Å²) in [5, 5.41) is 11.6. The number of methoxy groups -OCH3 is 1. The van der Waals surface area contributed by atoms with Crippen molar-refractivity contribution in [3.63, 3.8) is 0 Å². The van der Waals surface area contributed by atoms with Gasteiger partial charge in [-0.1, -0.05) is 6.07 Å². The van der Waals surface area contributed by atoms with E-state index in [2.05, 4.69) is 15.5 Å². The average Bonchev–Trinajstić information content (AvgIpc) is 3.38. The molecule has 178 valence electrons. The molecule has 0 unspecified atom stereocenters. The quantitative estimate of drug-likeness (QED) is 0.409. The van der Waals surface area contributed by atoms with Crippen molar-refractivity contribution in [2.24, 2.45) is 7.05 Å². The van der Waals surface area contributed by atoms with Crippen LogP contribution in [0.1, 0.15) is 11.1 Å². The molecule has 0 atom stereocenters. The fourth-order valence-corrected chi connectivity index (χ4v) is 3.46. The minimum Gasteiger partial charge on any atom is -0.496 e. The number of nitrogens with zero attached hydrogens (tertiary/aromatic N) is 6. The molecule has 9 nitrogen and oxygen atoms in total. The number of halogens is 3. The monoisotopic (exact) mass is 474 g/mol. The van der Waals surface area contributed by atoms with Crippen LogP contribution in [0.2, 0.25) is 0 Å². The average molecular weight is 474 g/mol. The topological polar surface area (TPSA) is 89.0 Å². The Labute approximate surface area is 191 Å². The van der Waals surface area contributed by atoms with Gasteiger partial charge in [0.25, 0.3) is 0 Å². The Morgan fingerprint density at radius 2 is 1.85 bits per heavy atom. The molecule has 0 amide bonds. The van der Waals surface area contributed by atoms with Gasteiger partial charge in [-0.05, 0) is 59.3 Å². The largest absolute Gasteiger partial charge is 0.496 e. The molecule has 0 fully saturated rings. The van der Waals surface area contributed by atoms with E-state index < -0.39 is 18.4 Å². The summed E-state index contributed by atoms with van der Waals surface area (Å²) in [5.74, 6) is 1.07. The summed E-state index contributed by atoms with van der Waals surface area (Å²) in [6.07, 6.45) is -3.05. The first-order valence-corrected chi connectivity index (χ1v) is 10.2. The first-order chi connectivity index (χ1) is 16.2. The number of rotatable bonds is 7.